The molecular weight excluding hydrogens is 262 g/mol. The van der Waals surface area contributed by atoms with Crippen molar-refractivity contribution in [3.8, 4) is 5.88 Å². The summed E-state index contributed by atoms with van der Waals surface area (Å²) in [5, 5.41) is 48.1. The number of nitrogens with two attached hydrogens (primary N) is 1. The van der Waals surface area contributed by atoms with Crippen molar-refractivity contribution in [2.24, 2.45) is 5.73 Å². The SMILES string of the molecule is NC(=O)c1ncn([C@@]2(O)O[C@H](CO)[C@@H](O)[C@H]2O)c1O. The van der Waals surface area contributed by atoms with E-state index in [9.17, 15) is 25.2 Å². The van der Waals surface area contributed by atoms with Gasteiger partial charge >= 0.3 is 0 Å². The Labute approximate surface area is 106 Å². The number of hydrogen-bond donors (Lipinski definition) is 6. The fourth-order valence-electron chi connectivity index (χ4n) is 1.88. The zero-order valence-electron chi connectivity index (χ0n) is 9.54. The van der Waals surface area contributed by atoms with E-state index in [2.05, 4.69) is 4.98 Å². The van der Waals surface area contributed by atoms with E-state index < -0.39 is 48.3 Å². The number of carbonyl (C=O) groups excluding carboxylic acids is 1. The van der Waals surface area contributed by atoms with Crippen LogP contribution in [0.5, 0.6) is 5.88 Å². The van der Waals surface area contributed by atoms with Crippen molar-refractivity contribution >= 4 is 5.91 Å². The van der Waals surface area contributed by atoms with Crippen LogP contribution in [-0.2, 0) is 10.6 Å². The highest BCUT2D eigenvalue weighted by Crippen LogP contribution is 2.36. The zero-order chi connectivity index (χ0) is 14.4. The number of aliphatic hydroxyl groups is 4. The molecule has 4 atom stereocenters. The number of imidazole rings is 1. The number of ether oxygens (including phenoxy) is 1. The van der Waals surface area contributed by atoms with E-state index in [4.69, 9.17) is 15.6 Å². The third kappa shape index (κ3) is 1.86. The third-order valence-corrected chi connectivity index (χ3v) is 2.92. The van der Waals surface area contributed by atoms with Crippen LogP contribution in [0.1, 0.15) is 10.5 Å². The maximum absolute atomic E-state index is 10.9. The van der Waals surface area contributed by atoms with E-state index in [0.717, 1.165) is 6.33 Å². The van der Waals surface area contributed by atoms with Crippen LogP contribution < -0.4 is 5.73 Å². The quantitative estimate of drug-likeness (QED) is 0.328. The van der Waals surface area contributed by atoms with Crippen LogP contribution in [0.4, 0.5) is 0 Å². The monoisotopic (exact) mass is 275 g/mol. The van der Waals surface area contributed by atoms with Gasteiger partial charge in [-0.15, -0.1) is 0 Å². The molecule has 10 nitrogen and oxygen atoms in total. The summed E-state index contributed by atoms with van der Waals surface area (Å²) in [5.41, 5.74) is 4.40. The van der Waals surface area contributed by atoms with Gasteiger partial charge in [0.1, 0.15) is 18.5 Å². The zero-order valence-corrected chi connectivity index (χ0v) is 9.54. The molecule has 1 aliphatic rings. The number of aliphatic hydroxyl groups excluding tert-OH is 3. The van der Waals surface area contributed by atoms with Crippen molar-refractivity contribution in [2.45, 2.75) is 24.2 Å². The van der Waals surface area contributed by atoms with E-state index in [0.29, 0.717) is 4.57 Å². The van der Waals surface area contributed by atoms with Gasteiger partial charge in [0.25, 0.3) is 11.8 Å². The van der Waals surface area contributed by atoms with Gasteiger partial charge < -0.3 is 36.0 Å². The molecule has 0 spiro atoms. The number of carbonyl (C=O) groups is 1. The molecule has 2 heterocycles. The summed E-state index contributed by atoms with van der Waals surface area (Å²) < 4.78 is 5.44. The molecule has 1 aliphatic heterocycles. The lowest BCUT2D eigenvalue weighted by molar-refractivity contribution is -0.290. The van der Waals surface area contributed by atoms with Crippen LogP contribution >= 0.6 is 0 Å². The standard InChI is InChI=1S/C9H13N3O7/c10-7(16)4-8(17)12(2-11-4)9(18)6(15)5(14)3(1-13)19-9/h2-3,5-6,13-15,17-18H,1H2,(H2,10,16)/t3-,5-,6-,9+/m1/s1. The Balaban J connectivity index is 2.43. The van der Waals surface area contributed by atoms with Crippen LogP contribution in [0.3, 0.4) is 0 Å². The molecule has 106 valence electrons. The molecular formula is C9H13N3O7. The maximum Gasteiger partial charge on any atom is 0.287 e. The highest BCUT2D eigenvalue weighted by Gasteiger charge is 2.56. The molecule has 0 unspecified atom stereocenters. The summed E-state index contributed by atoms with van der Waals surface area (Å²) in [7, 11) is 0. The summed E-state index contributed by atoms with van der Waals surface area (Å²) in [6, 6.07) is 0. The number of amides is 1. The number of rotatable bonds is 3. The van der Waals surface area contributed by atoms with Gasteiger partial charge in [0.05, 0.1) is 6.61 Å². The van der Waals surface area contributed by atoms with Crippen molar-refractivity contribution in [3.05, 3.63) is 12.0 Å². The topological polar surface area (TPSA) is 171 Å². The lowest BCUT2D eigenvalue weighted by Gasteiger charge is -2.27. The largest absolute Gasteiger partial charge is 0.493 e. The second-order valence-electron chi connectivity index (χ2n) is 4.08. The fraction of sp³-hybridized carbons (Fsp3) is 0.556. The van der Waals surface area contributed by atoms with Gasteiger partial charge in [0, 0.05) is 0 Å². The Morgan fingerprint density at radius 3 is 2.63 bits per heavy atom. The van der Waals surface area contributed by atoms with Crippen molar-refractivity contribution < 1.29 is 35.1 Å². The predicted octanol–water partition coefficient (Wildman–Crippen LogP) is -3.60. The average Bonchev–Trinajstić information content (AvgIpc) is 2.84. The Morgan fingerprint density at radius 1 is 1.58 bits per heavy atom. The Kier molecular flexibility index (Phi) is 3.20. The minimum Gasteiger partial charge on any atom is -0.493 e. The summed E-state index contributed by atoms with van der Waals surface area (Å²) >= 11 is 0. The second kappa shape index (κ2) is 4.43. The van der Waals surface area contributed by atoms with Gasteiger partial charge in [-0.3, -0.25) is 4.79 Å². The van der Waals surface area contributed by atoms with Crippen molar-refractivity contribution in [2.75, 3.05) is 6.61 Å². The van der Waals surface area contributed by atoms with Crippen LogP contribution in [0, 0.1) is 0 Å². The van der Waals surface area contributed by atoms with E-state index >= 15 is 0 Å². The van der Waals surface area contributed by atoms with Crippen LogP contribution in [0.2, 0.25) is 0 Å². The summed E-state index contributed by atoms with van der Waals surface area (Å²) in [5.74, 6) is -4.45. The summed E-state index contributed by atoms with van der Waals surface area (Å²) in [6.07, 6.45) is -3.91. The van der Waals surface area contributed by atoms with E-state index in [1.54, 1.807) is 0 Å². The molecule has 7 N–H and O–H groups in total. The first-order chi connectivity index (χ1) is 8.82. The fourth-order valence-corrected chi connectivity index (χ4v) is 1.88. The van der Waals surface area contributed by atoms with E-state index in [1.807, 2.05) is 0 Å². The third-order valence-electron chi connectivity index (χ3n) is 2.92. The summed E-state index contributed by atoms with van der Waals surface area (Å²) in [4.78, 5) is 14.4. The molecule has 19 heavy (non-hydrogen) atoms. The Bertz CT molecular complexity index is 504. The molecule has 0 saturated carbocycles. The van der Waals surface area contributed by atoms with Gasteiger partial charge in [-0.2, -0.15) is 0 Å². The highest BCUT2D eigenvalue weighted by molar-refractivity contribution is 5.93. The molecule has 10 heteroatoms. The number of primary amides is 1. The number of nitrogens with zero attached hydrogens (tertiary/aromatic N) is 2. The molecule has 2 rings (SSSR count). The molecule has 0 bridgehead atoms. The van der Waals surface area contributed by atoms with Gasteiger partial charge in [-0.25, -0.2) is 9.55 Å². The number of aromatic hydroxyl groups is 1. The van der Waals surface area contributed by atoms with Crippen LogP contribution in [-0.4, -0.2) is 65.9 Å². The second-order valence-corrected chi connectivity index (χ2v) is 4.08. The molecule has 0 aliphatic carbocycles. The van der Waals surface area contributed by atoms with Gasteiger partial charge in [0.2, 0.25) is 5.88 Å². The maximum atomic E-state index is 10.9. The normalized spacial score (nSPS) is 34.6. The minimum absolute atomic E-state index is 0.536. The molecule has 0 aromatic carbocycles. The van der Waals surface area contributed by atoms with E-state index in [-0.39, 0.29) is 0 Å². The highest BCUT2D eigenvalue weighted by atomic mass is 16.7. The van der Waals surface area contributed by atoms with Crippen molar-refractivity contribution in [1.82, 2.24) is 9.55 Å². The number of hydrogen-bond acceptors (Lipinski definition) is 8. The van der Waals surface area contributed by atoms with Crippen LogP contribution in [0.15, 0.2) is 6.33 Å². The first-order valence-electron chi connectivity index (χ1n) is 5.26. The smallest absolute Gasteiger partial charge is 0.287 e. The molecule has 1 amide bonds. The molecule has 1 fully saturated rings. The first-order valence-corrected chi connectivity index (χ1v) is 5.26. The van der Waals surface area contributed by atoms with Crippen molar-refractivity contribution in [1.29, 1.82) is 0 Å². The van der Waals surface area contributed by atoms with Crippen molar-refractivity contribution in [3.63, 3.8) is 0 Å². The first kappa shape index (κ1) is 13.7. The van der Waals surface area contributed by atoms with Gasteiger partial charge in [0.15, 0.2) is 11.8 Å². The van der Waals surface area contributed by atoms with Gasteiger partial charge in [-0.1, -0.05) is 0 Å². The molecule has 1 aromatic rings. The molecule has 1 aromatic heterocycles. The van der Waals surface area contributed by atoms with E-state index in [1.165, 1.54) is 0 Å². The Morgan fingerprint density at radius 2 is 2.21 bits per heavy atom. The molecule has 1 saturated heterocycles. The summed E-state index contributed by atoms with van der Waals surface area (Å²) in [6.45, 7) is -0.668. The Hall–Kier alpha value is -1.72. The lowest BCUT2D eigenvalue weighted by atomic mass is 10.1. The lowest BCUT2D eigenvalue weighted by Crippen LogP contribution is -2.45. The predicted molar refractivity (Wildman–Crippen MR) is 56.6 cm³/mol. The van der Waals surface area contributed by atoms with Crippen LogP contribution in [0.25, 0.3) is 0 Å². The molecule has 0 radical (unpaired) electrons. The minimum atomic E-state index is -2.57. The number of aromatic nitrogens is 2. The van der Waals surface area contributed by atoms with Gasteiger partial charge in [-0.05, 0) is 0 Å². The average molecular weight is 275 g/mol.